The summed E-state index contributed by atoms with van der Waals surface area (Å²) < 4.78 is 11.1. The summed E-state index contributed by atoms with van der Waals surface area (Å²) in [6.45, 7) is 0.597. The zero-order valence-corrected chi connectivity index (χ0v) is 11.8. The van der Waals surface area contributed by atoms with Crippen LogP contribution < -0.4 is 20.1 Å². The van der Waals surface area contributed by atoms with E-state index in [9.17, 15) is 9.59 Å². The maximum atomic E-state index is 10.5. The molecule has 0 aliphatic heterocycles. The maximum Gasteiger partial charge on any atom is 0.211 e. The van der Waals surface area contributed by atoms with E-state index < -0.39 is 0 Å². The van der Waals surface area contributed by atoms with E-state index >= 15 is 0 Å². The number of para-hydroxylation sites is 4. The lowest BCUT2D eigenvalue weighted by Crippen LogP contribution is -2.11. The van der Waals surface area contributed by atoms with Crippen molar-refractivity contribution in [1.82, 2.24) is 0 Å². The third-order valence-electron chi connectivity index (χ3n) is 2.80. The number of amides is 2. The van der Waals surface area contributed by atoms with Crippen LogP contribution in [-0.2, 0) is 9.59 Å². The molecule has 2 aromatic carbocycles. The summed E-state index contributed by atoms with van der Waals surface area (Å²) in [5.74, 6) is 1.13. The molecule has 2 aromatic rings. The van der Waals surface area contributed by atoms with Crippen LogP contribution in [0.5, 0.6) is 11.5 Å². The third-order valence-corrected chi connectivity index (χ3v) is 2.80. The van der Waals surface area contributed by atoms with Crippen molar-refractivity contribution in [2.24, 2.45) is 0 Å². The van der Waals surface area contributed by atoms with Crippen LogP contribution in [0.25, 0.3) is 0 Å². The molecule has 0 saturated heterocycles. The minimum absolute atomic E-state index is 0.299. The predicted octanol–water partition coefficient (Wildman–Crippen LogP) is 2.28. The SMILES string of the molecule is O=CNc1ccccc1OCCOc1ccccc1NC=O. The van der Waals surface area contributed by atoms with E-state index in [2.05, 4.69) is 10.6 Å². The molecular formula is C16H16N2O4. The summed E-state index contributed by atoms with van der Waals surface area (Å²) in [5, 5.41) is 5.13. The Labute approximate surface area is 128 Å². The van der Waals surface area contributed by atoms with E-state index in [0.29, 0.717) is 48.9 Å². The van der Waals surface area contributed by atoms with Gasteiger partial charge in [-0.1, -0.05) is 24.3 Å². The Morgan fingerprint density at radius 3 is 1.55 bits per heavy atom. The van der Waals surface area contributed by atoms with Gasteiger partial charge in [0.05, 0.1) is 11.4 Å². The van der Waals surface area contributed by atoms with Gasteiger partial charge >= 0.3 is 0 Å². The van der Waals surface area contributed by atoms with Gasteiger partial charge in [0.1, 0.15) is 24.7 Å². The van der Waals surface area contributed by atoms with Gasteiger partial charge in [0.25, 0.3) is 0 Å². The minimum atomic E-state index is 0.299. The van der Waals surface area contributed by atoms with Crippen molar-refractivity contribution < 1.29 is 19.1 Å². The molecule has 6 heteroatoms. The van der Waals surface area contributed by atoms with Crippen molar-refractivity contribution in [3.8, 4) is 11.5 Å². The summed E-state index contributed by atoms with van der Waals surface area (Å²) in [4.78, 5) is 21.0. The molecule has 0 aromatic heterocycles. The van der Waals surface area contributed by atoms with Gasteiger partial charge in [-0.25, -0.2) is 0 Å². The van der Waals surface area contributed by atoms with Gasteiger partial charge in [0.15, 0.2) is 0 Å². The van der Waals surface area contributed by atoms with E-state index in [1.807, 2.05) is 12.1 Å². The molecule has 0 saturated carbocycles. The molecule has 22 heavy (non-hydrogen) atoms. The fourth-order valence-electron chi connectivity index (χ4n) is 1.85. The highest BCUT2D eigenvalue weighted by atomic mass is 16.5. The summed E-state index contributed by atoms with van der Waals surface area (Å²) >= 11 is 0. The van der Waals surface area contributed by atoms with Gasteiger partial charge in [0.2, 0.25) is 12.8 Å². The topological polar surface area (TPSA) is 76.7 Å². The Kier molecular flexibility index (Phi) is 5.80. The number of benzene rings is 2. The van der Waals surface area contributed by atoms with Crippen molar-refractivity contribution >= 4 is 24.2 Å². The first-order chi connectivity index (χ1) is 10.8. The lowest BCUT2D eigenvalue weighted by Gasteiger charge is -2.12. The Morgan fingerprint density at radius 1 is 0.727 bits per heavy atom. The monoisotopic (exact) mass is 300 g/mol. The first kappa shape index (κ1) is 15.4. The highest BCUT2D eigenvalue weighted by Gasteiger charge is 2.04. The quantitative estimate of drug-likeness (QED) is 0.550. The fourth-order valence-corrected chi connectivity index (χ4v) is 1.85. The summed E-state index contributed by atoms with van der Waals surface area (Å²) in [5.41, 5.74) is 1.20. The van der Waals surface area contributed by atoms with E-state index in [4.69, 9.17) is 9.47 Å². The first-order valence-corrected chi connectivity index (χ1v) is 6.69. The average Bonchev–Trinajstić information content (AvgIpc) is 2.55. The van der Waals surface area contributed by atoms with E-state index in [-0.39, 0.29) is 0 Å². The number of hydrogen-bond acceptors (Lipinski definition) is 4. The number of carbonyl (C=O) groups excluding carboxylic acids is 2. The average molecular weight is 300 g/mol. The van der Waals surface area contributed by atoms with Gasteiger partial charge in [0, 0.05) is 0 Å². The van der Waals surface area contributed by atoms with E-state index in [0.717, 1.165) is 0 Å². The van der Waals surface area contributed by atoms with Crippen LogP contribution in [0.1, 0.15) is 0 Å². The Balaban J connectivity index is 1.87. The van der Waals surface area contributed by atoms with Crippen LogP contribution in [0.15, 0.2) is 48.5 Å². The lowest BCUT2D eigenvalue weighted by atomic mass is 10.3. The standard InChI is InChI=1S/C16H16N2O4/c19-11-17-13-5-1-3-7-15(13)21-9-10-22-16-8-4-2-6-14(16)18-12-20/h1-8,11-12H,9-10H2,(H,17,19)(H,18,20). The van der Waals surface area contributed by atoms with Crippen LogP contribution in [0.4, 0.5) is 11.4 Å². The number of anilines is 2. The Morgan fingerprint density at radius 2 is 1.14 bits per heavy atom. The van der Waals surface area contributed by atoms with Gasteiger partial charge in [-0.05, 0) is 24.3 Å². The summed E-state index contributed by atoms with van der Waals surface area (Å²) in [7, 11) is 0. The van der Waals surface area contributed by atoms with Crippen LogP contribution >= 0.6 is 0 Å². The van der Waals surface area contributed by atoms with Gasteiger partial charge in [-0.3, -0.25) is 9.59 Å². The van der Waals surface area contributed by atoms with E-state index in [1.165, 1.54) is 0 Å². The highest BCUT2D eigenvalue weighted by Crippen LogP contribution is 2.24. The van der Waals surface area contributed by atoms with Crippen LogP contribution in [0.2, 0.25) is 0 Å². The lowest BCUT2D eigenvalue weighted by molar-refractivity contribution is -0.106. The van der Waals surface area contributed by atoms with Crippen molar-refractivity contribution in [2.75, 3.05) is 23.8 Å². The zero-order chi connectivity index (χ0) is 15.6. The maximum absolute atomic E-state index is 10.5. The van der Waals surface area contributed by atoms with Crippen LogP contribution in [0, 0.1) is 0 Å². The molecule has 0 heterocycles. The second-order valence-corrected chi connectivity index (χ2v) is 4.21. The molecule has 2 N–H and O–H groups in total. The Hall–Kier alpha value is -3.02. The molecule has 0 radical (unpaired) electrons. The normalized spacial score (nSPS) is 9.64. The molecule has 0 fully saturated rings. The highest BCUT2D eigenvalue weighted by molar-refractivity contribution is 5.75. The molecule has 114 valence electrons. The molecular weight excluding hydrogens is 284 g/mol. The number of rotatable bonds is 9. The zero-order valence-electron chi connectivity index (χ0n) is 11.8. The second kappa shape index (κ2) is 8.31. The van der Waals surface area contributed by atoms with Gasteiger partial charge in [-0.15, -0.1) is 0 Å². The largest absolute Gasteiger partial charge is 0.488 e. The molecule has 0 unspecified atom stereocenters. The van der Waals surface area contributed by atoms with Crippen LogP contribution in [-0.4, -0.2) is 26.0 Å². The van der Waals surface area contributed by atoms with Crippen LogP contribution in [0.3, 0.4) is 0 Å². The molecule has 2 amide bonds. The van der Waals surface area contributed by atoms with Crippen molar-refractivity contribution in [2.45, 2.75) is 0 Å². The van der Waals surface area contributed by atoms with Crippen molar-refractivity contribution in [1.29, 1.82) is 0 Å². The molecule has 0 spiro atoms. The number of carbonyl (C=O) groups is 2. The molecule has 6 nitrogen and oxygen atoms in total. The first-order valence-electron chi connectivity index (χ1n) is 6.69. The Bertz CT molecular complexity index is 576. The smallest absolute Gasteiger partial charge is 0.211 e. The van der Waals surface area contributed by atoms with Crippen molar-refractivity contribution in [3.05, 3.63) is 48.5 Å². The van der Waals surface area contributed by atoms with E-state index in [1.54, 1.807) is 36.4 Å². The third kappa shape index (κ3) is 4.24. The molecule has 0 aliphatic rings. The summed E-state index contributed by atoms with van der Waals surface area (Å²) in [6, 6.07) is 14.2. The number of hydrogen-bond donors (Lipinski definition) is 2. The minimum Gasteiger partial charge on any atom is -0.488 e. The van der Waals surface area contributed by atoms with Gasteiger partial charge in [-0.2, -0.15) is 0 Å². The molecule has 0 bridgehead atoms. The molecule has 0 aliphatic carbocycles. The second-order valence-electron chi connectivity index (χ2n) is 4.21. The number of nitrogens with one attached hydrogen (secondary N) is 2. The predicted molar refractivity (Wildman–Crippen MR) is 83.2 cm³/mol. The van der Waals surface area contributed by atoms with Gasteiger partial charge < -0.3 is 20.1 Å². The number of ether oxygens (including phenoxy) is 2. The molecule has 2 rings (SSSR count). The summed E-state index contributed by atoms with van der Waals surface area (Å²) in [6.07, 6.45) is 1.19. The molecule has 0 atom stereocenters. The van der Waals surface area contributed by atoms with Crippen molar-refractivity contribution in [3.63, 3.8) is 0 Å². The fraction of sp³-hybridized carbons (Fsp3) is 0.125.